The first-order valence-electron chi connectivity index (χ1n) is 11.7. The van der Waals surface area contributed by atoms with Gasteiger partial charge in [-0.25, -0.2) is 4.79 Å². The summed E-state index contributed by atoms with van der Waals surface area (Å²) in [6.45, 7) is 0.106. The molecule has 0 radical (unpaired) electrons. The highest BCUT2D eigenvalue weighted by Crippen LogP contribution is 2.45. The Hall–Kier alpha value is -4.36. The van der Waals surface area contributed by atoms with Gasteiger partial charge in [-0.05, 0) is 35.4 Å². The molecule has 0 saturated carbocycles. The second kappa shape index (κ2) is 11.0. The number of aromatic nitrogens is 2. The predicted molar refractivity (Wildman–Crippen MR) is 146 cm³/mol. The number of carboxylic acids is 1. The zero-order valence-electron chi connectivity index (χ0n) is 20.7. The molecule has 0 aliphatic heterocycles. The normalized spacial score (nSPS) is 11.5. The van der Waals surface area contributed by atoms with E-state index in [4.69, 9.17) is 9.84 Å². The van der Waals surface area contributed by atoms with Gasteiger partial charge in [0.15, 0.2) is 0 Å². The van der Waals surface area contributed by atoms with Crippen LogP contribution in [0.25, 0.3) is 30.3 Å². The summed E-state index contributed by atoms with van der Waals surface area (Å²) in [4.78, 5) is 24.8. The Bertz CT molecular complexity index is 1660. The lowest BCUT2D eigenvalue weighted by Crippen LogP contribution is -2.18. The fourth-order valence-corrected chi connectivity index (χ4v) is 6.42. The maximum Gasteiger partial charge on any atom is 0.573 e. The molecule has 1 amide bonds. The van der Waals surface area contributed by atoms with Crippen molar-refractivity contribution in [1.29, 1.82) is 0 Å². The number of amides is 1. The van der Waals surface area contributed by atoms with Crippen LogP contribution in [-0.4, -0.2) is 33.3 Å². The summed E-state index contributed by atoms with van der Waals surface area (Å²) in [6, 6.07) is 16.9. The number of anilines is 1. The smallest absolute Gasteiger partial charge is 0.481 e. The number of rotatable bonds is 8. The van der Waals surface area contributed by atoms with Gasteiger partial charge in [0.2, 0.25) is 0 Å². The SMILES string of the molecule is Cn1ncc(-c2cc3sc(-c4ccc(CC(=O)O)cc4OC(F)(F)F)cc3s2)c1NC(=O)OCc1ccccc1. The summed E-state index contributed by atoms with van der Waals surface area (Å²) in [7, 11) is 1.68. The molecule has 5 aromatic rings. The molecule has 0 atom stereocenters. The summed E-state index contributed by atoms with van der Waals surface area (Å²) in [5.74, 6) is -1.20. The number of halogens is 3. The number of hydrogen-bond donors (Lipinski definition) is 2. The lowest BCUT2D eigenvalue weighted by Gasteiger charge is -2.13. The average molecular weight is 588 g/mol. The van der Waals surface area contributed by atoms with E-state index in [0.29, 0.717) is 16.3 Å². The van der Waals surface area contributed by atoms with Crippen LogP contribution in [0.15, 0.2) is 66.9 Å². The molecule has 0 aliphatic carbocycles. The number of aliphatic carboxylic acids is 1. The van der Waals surface area contributed by atoms with Crippen LogP contribution in [0.2, 0.25) is 0 Å². The molecule has 3 heterocycles. The Balaban J connectivity index is 1.39. The fraction of sp³-hybridized carbons (Fsp3) is 0.148. The zero-order chi connectivity index (χ0) is 28.4. The van der Waals surface area contributed by atoms with E-state index in [-0.39, 0.29) is 17.7 Å². The molecule has 3 aromatic heterocycles. The third-order valence-corrected chi connectivity index (χ3v) is 8.10. The average Bonchev–Trinajstić information content (AvgIpc) is 3.56. The van der Waals surface area contributed by atoms with Crippen molar-refractivity contribution in [2.45, 2.75) is 19.4 Å². The predicted octanol–water partition coefficient (Wildman–Crippen LogP) is 7.30. The highest BCUT2D eigenvalue weighted by molar-refractivity contribution is 7.31. The van der Waals surface area contributed by atoms with Crippen LogP contribution in [0.4, 0.5) is 23.8 Å². The Morgan fingerprint density at radius 1 is 0.975 bits per heavy atom. The molecule has 0 saturated heterocycles. The standard InChI is InChI=1S/C27H20F3N3O5S2/c1-33-25(32-26(36)37-14-15-5-3-2-4-6-15)18(13-31-33)21-12-23-22(40-21)11-20(39-23)17-8-7-16(10-24(34)35)9-19(17)38-27(28,29)30/h2-9,11-13H,10,14H2,1H3,(H,32,36)(H,34,35). The molecule has 40 heavy (non-hydrogen) atoms. The number of benzene rings is 2. The minimum Gasteiger partial charge on any atom is -0.481 e. The minimum absolute atomic E-state index is 0.106. The van der Waals surface area contributed by atoms with Gasteiger partial charge in [-0.2, -0.15) is 5.10 Å². The van der Waals surface area contributed by atoms with E-state index in [1.54, 1.807) is 19.3 Å². The van der Waals surface area contributed by atoms with Crippen molar-refractivity contribution < 1.29 is 37.3 Å². The minimum atomic E-state index is -4.94. The lowest BCUT2D eigenvalue weighted by molar-refractivity contribution is -0.274. The van der Waals surface area contributed by atoms with Crippen LogP contribution in [0.5, 0.6) is 5.75 Å². The van der Waals surface area contributed by atoms with E-state index < -0.39 is 30.6 Å². The van der Waals surface area contributed by atoms with E-state index in [0.717, 1.165) is 25.9 Å². The van der Waals surface area contributed by atoms with Gasteiger partial charge in [0.05, 0.1) is 18.2 Å². The molecule has 0 aliphatic rings. The zero-order valence-corrected chi connectivity index (χ0v) is 22.3. The number of nitrogens with zero attached hydrogens (tertiary/aromatic N) is 2. The third kappa shape index (κ3) is 6.26. The quantitative estimate of drug-likeness (QED) is 0.197. The van der Waals surface area contributed by atoms with Crippen molar-refractivity contribution in [3.8, 4) is 26.6 Å². The Labute approximate surface area is 233 Å². The first-order chi connectivity index (χ1) is 19.1. The number of fused-ring (bicyclic) bond motifs is 1. The number of thiophene rings is 2. The van der Waals surface area contributed by atoms with E-state index in [9.17, 15) is 22.8 Å². The molecule has 0 bridgehead atoms. The molecule has 206 valence electrons. The summed E-state index contributed by atoms with van der Waals surface area (Å²) >= 11 is 2.65. The van der Waals surface area contributed by atoms with Crippen LogP contribution in [0.3, 0.4) is 0 Å². The van der Waals surface area contributed by atoms with Crippen molar-refractivity contribution in [2.24, 2.45) is 7.05 Å². The van der Waals surface area contributed by atoms with E-state index >= 15 is 0 Å². The van der Waals surface area contributed by atoms with Crippen LogP contribution >= 0.6 is 22.7 Å². The number of nitrogens with one attached hydrogen (secondary N) is 1. The Kier molecular flexibility index (Phi) is 7.50. The summed E-state index contributed by atoms with van der Waals surface area (Å²) < 4.78 is 52.0. The van der Waals surface area contributed by atoms with Gasteiger partial charge in [-0.3, -0.25) is 14.8 Å². The number of ether oxygens (including phenoxy) is 2. The highest BCUT2D eigenvalue weighted by atomic mass is 32.1. The molecular formula is C27H20F3N3O5S2. The molecule has 0 fully saturated rings. The van der Waals surface area contributed by atoms with Crippen LogP contribution < -0.4 is 10.1 Å². The second-order valence-electron chi connectivity index (χ2n) is 8.62. The highest BCUT2D eigenvalue weighted by Gasteiger charge is 2.33. The van der Waals surface area contributed by atoms with Crippen molar-refractivity contribution in [2.75, 3.05) is 5.32 Å². The van der Waals surface area contributed by atoms with Crippen molar-refractivity contribution >= 4 is 50.0 Å². The van der Waals surface area contributed by atoms with Crippen LogP contribution in [0.1, 0.15) is 11.1 Å². The molecule has 0 unspecified atom stereocenters. The third-order valence-electron chi connectivity index (χ3n) is 5.74. The number of carbonyl (C=O) groups excluding carboxylic acids is 1. The summed E-state index contributed by atoms with van der Waals surface area (Å²) in [5, 5.41) is 16.0. The summed E-state index contributed by atoms with van der Waals surface area (Å²) in [6.07, 6.45) is -4.40. The van der Waals surface area contributed by atoms with Crippen LogP contribution in [0, 0.1) is 0 Å². The molecule has 2 aromatic carbocycles. The molecule has 8 nitrogen and oxygen atoms in total. The van der Waals surface area contributed by atoms with Gasteiger partial charge >= 0.3 is 18.4 Å². The van der Waals surface area contributed by atoms with Crippen LogP contribution in [-0.2, 0) is 29.6 Å². The van der Waals surface area contributed by atoms with E-state index in [2.05, 4.69) is 15.2 Å². The Morgan fingerprint density at radius 3 is 2.30 bits per heavy atom. The van der Waals surface area contributed by atoms with Crippen molar-refractivity contribution in [3.05, 3.63) is 78.0 Å². The van der Waals surface area contributed by atoms with Crippen molar-refractivity contribution in [3.63, 3.8) is 0 Å². The van der Waals surface area contributed by atoms with Gasteiger partial charge in [0.1, 0.15) is 18.2 Å². The number of alkyl halides is 3. The first kappa shape index (κ1) is 27.2. The van der Waals surface area contributed by atoms with Gasteiger partial charge in [0, 0.05) is 31.8 Å². The number of carboxylic acid groups (broad SMARTS) is 1. The van der Waals surface area contributed by atoms with E-state index in [1.165, 1.54) is 39.5 Å². The molecule has 2 N–H and O–H groups in total. The molecular weight excluding hydrogens is 567 g/mol. The lowest BCUT2D eigenvalue weighted by atomic mass is 10.1. The fourth-order valence-electron chi connectivity index (χ4n) is 3.99. The first-order valence-corrected chi connectivity index (χ1v) is 13.3. The monoisotopic (exact) mass is 587 g/mol. The molecule has 5 rings (SSSR count). The maximum absolute atomic E-state index is 13.1. The van der Waals surface area contributed by atoms with Gasteiger partial charge in [-0.15, -0.1) is 35.8 Å². The van der Waals surface area contributed by atoms with Crippen molar-refractivity contribution in [1.82, 2.24) is 9.78 Å². The van der Waals surface area contributed by atoms with Gasteiger partial charge in [0.25, 0.3) is 0 Å². The summed E-state index contributed by atoms with van der Waals surface area (Å²) in [5.41, 5.74) is 1.90. The topological polar surface area (TPSA) is 103 Å². The molecule has 0 spiro atoms. The van der Waals surface area contributed by atoms with Gasteiger partial charge < -0.3 is 14.6 Å². The van der Waals surface area contributed by atoms with Gasteiger partial charge in [-0.1, -0.05) is 36.4 Å². The number of hydrogen-bond acceptors (Lipinski definition) is 7. The number of aryl methyl sites for hydroxylation is 1. The Morgan fingerprint density at radius 2 is 1.65 bits per heavy atom. The number of carbonyl (C=O) groups is 2. The molecule has 13 heteroatoms. The largest absolute Gasteiger partial charge is 0.573 e. The maximum atomic E-state index is 13.1. The van der Waals surface area contributed by atoms with E-state index in [1.807, 2.05) is 36.4 Å². The second-order valence-corrected chi connectivity index (χ2v) is 10.8.